The molecule has 0 radical (unpaired) electrons. The van der Waals surface area contributed by atoms with E-state index >= 15 is 0 Å². The third kappa shape index (κ3) is 6.23. The second kappa shape index (κ2) is 9.21. The topological polar surface area (TPSA) is 84.5 Å². The summed E-state index contributed by atoms with van der Waals surface area (Å²) >= 11 is 6.05. The molecule has 8 heteroatoms. The summed E-state index contributed by atoms with van der Waals surface area (Å²) in [6.07, 6.45) is 0. The van der Waals surface area contributed by atoms with Crippen LogP contribution in [0.25, 0.3) is 0 Å². The Morgan fingerprint density at radius 3 is 2.52 bits per heavy atom. The molecule has 1 amide bonds. The van der Waals surface area contributed by atoms with Gasteiger partial charge >= 0.3 is 0 Å². The number of benzene rings is 2. The van der Waals surface area contributed by atoms with E-state index in [0.717, 1.165) is 5.56 Å². The molecule has 2 N–H and O–H groups in total. The number of rotatable bonds is 8. The fourth-order valence-electron chi connectivity index (χ4n) is 2.36. The molecular formula is C19H23ClN2O4S. The highest BCUT2D eigenvalue weighted by Crippen LogP contribution is 2.22. The number of amides is 1. The van der Waals surface area contributed by atoms with E-state index in [4.69, 9.17) is 16.3 Å². The predicted molar refractivity (Wildman–Crippen MR) is 105 cm³/mol. The van der Waals surface area contributed by atoms with Crippen molar-refractivity contribution in [2.75, 3.05) is 6.61 Å². The Morgan fingerprint density at radius 1 is 1.19 bits per heavy atom. The van der Waals surface area contributed by atoms with Gasteiger partial charge in [0.1, 0.15) is 5.75 Å². The van der Waals surface area contributed by atoms with Crippen molar-refractivity contribution in [1.29, 1.82) is 0 Å². The maximum Gasteiger partial charge on any atom is 0.258 e. The van der Waals surface area contributed by atoms with E-state index in [0.29, 0.717) is 22.9 Å². The average Bonchev–Trinajstić information content (AvgIpc) is 2.58. The summed E-state index contributed by atoms with van der Waals surface area (Å²) < 4.78 is 32.4. The zero-order valence-corrected chi connectivity index (χ0v) is 17.0. The minimum Gasteiger partial charge on any atom is -0.484 e. The van der Waals surface area contributed by atoms with Gasteiger partial charge in [-0.15, -0.1) is 0 Å². The monoisotopic (exact) mass is 410 g/mol. The Labute approximate surface area is 164 Å². The molecule has 0 unspecified atom stereocenters. The summed E-state index contributed by atoms with van der Waals surface area (Å²) in [5.74, 6) is 0.152. The number of hydrogen-bond donors (Lipinski definition) is 2. The van der Waals surface area contributed by atoms with Gasteiger partial charge in [-0.1, -0.05) is 29.8 Å². The van der Waals surface area contributed by atoms with Gasteiger partial charge in [-0.2, -0.15) is 0 Å². The molecule has 0 saturated carbocycles. The van der Waals surface area contributed by atoms with Gasteiger partial charge in [0.2, 0.25) is 10.0 Å². The van der Waals surface area contributed by atoms with E-state index in [1.807, 2.05) is 18.2 Å². The SMILES string of the molecule is Cc1cc(S(=O)(=O)NC(C)C)ccc1OCC(=O)NCc1ccccc1Cl. The number of carbonyl (C=O) groups excluding carboxylic acids is 1. The molecule has 0 aliphatic carbocycles. The van der Waals surface area contributed by atoms with E-state index < -0.39 is 10.0 Å². The molecule has 0 bridgehead atoms. The molecule has 27 heavy (non-hydrogen) atoms. The van der Waals surface area contributed by atoms with Crippen LogP contribution in [0.4, 0.5) is 0 Å². The van der Waals surface area contributed by atoms with Crippen molar-refractivity contribution in [2.24, 2.45) is 0 Å². The molecule has 0 aromatic heterocycles. The highest BCUT2D eigenvalue weighted by Gasteiger charge is 2.17. The quantitative estimate of drug-likeness (QED) is 0.700. The van der Waals surface area contributed by atoms with Crippen LogP contribution in [0.2, 0.25) is 5.02 Å². The van der Waals surface area contributed by atoms with Gasteiger partial charge in [0.25, 0.3) is 5.91 Å². The van der Waals surface area contributed by atoms with Gasteiger partial charge in [0, 0.05) is 17.6 Å². The Balaban J connectivity index is 1.94. The summed E-state index contributed by atoms with van der Waals surface area (Å²) in [5.41, 5.74) is 1.44. The number of carbonyl (C=O) groups is 1. The van der Waals surface area contributed by atoms with Crippen molar-refractivity contribution in [3.8, 4) is 5.75 Å². The third-order valence-electron chi connectivity index (χ3n) is 3.64. The third-order valence-corrected chi connectivity index (χ3v) is 5.67. The van der Waals surface area contributed by atoms with Crippen molar-refractivity contribution >= 4 is 27.5 Å². The minimum absolute atomic E-state index is 0.157. The lowest BCUT2D eigenvalue weighted by molar-refractivity contribution is -0.123. The summed E-state index contributed by atoms with van der Waals surface area (Å²) in [5, 5.41) is 3.32. The van der Waals surface area contributed by atoms with Crippen LogP contribution in [0.3, 0.4) is 0 Å². The standard InChI is InChI=1S/C19H23ClN2O4S/c1-13(2)22-27(24,25)16-8-9-18(14(3)10-16)26-12-19(23)21-11-15-6-4-5-7-17(15)20/h4-10,13,22H,11-12H2,1-3H3,(H,21,23). The first kappa shape index (κ1) is 21.2. The van der Waals surface area contributed by atoms with E-state index in [-0.39, 0.29) is 23.5 Å². The van der Waals surface area contributed by atoms with Gasteiger partial charge in [-0.05, 0) is 56.2 Å². The van der Waals surface area contributed by atoms with Crippen LogP contribution in [-0.2, 0) is 21.4 Å². The first-order valence-corrected chi connectivity index (χ1v) is 10.3. The number of hydrogen-bond acceptors (Lipinski definition) is 4. The molecule has 2 aromatic rings. The largest absolute Gasteiger partial charge is 0.484 e. The molecular weight excluding hydrogens is 388 g/mol. The van der Waals surface area contributed by atoms with Crippen LogP contribution < -0.4 is 14.8 Å². The Kier molecular flexibility index (Phi) is 7.24. The lowest BCUT2D eigenvalue weighted by Gasteiger charge is -2.13. The molecule has 0 fully saturated rings. The molecule has 6 nitrogen and oxygen atoms in total. The van der Waals surface area contributed by atoms with Crippen molar-refractivity contribution in [1.82, 2.24) is 10.0 Å². The van der Waals surface area contributed by atoms with Crippen LogP contribution in [0.15, 0.2) is 47.4 Å². The van der Waals surface area contributed by atoms with Gasteiger partial charge in [-0.25, -0.2) is 13.1 Å². The molecule has 2 rings (SSSR count). The number of sulfonamides is 1. The van der Waals surface area contributed by atoms with Crippen molar-refractivity contribution in [3.05, 3.63) is 58.6 Å². The predicted octanol–water partition coefficient (Wildman–Crippen LogP) is 3.03. The van der Waals surface area contributed by atoms with Crippen LogP contribution in [0, 0.1) is 6.92 Å². The van der Waals surface area contributed by atoms with E-state index in [9.17, 15) is 13.2 Å². The zero-order chi connectivity index (χ0) is 20.0. The summed E-state index contributed by atoms with van der Waals surface area (Å²) in [6, 6.07) is 11.6. The Morgan fingerprint density at radius 2 is 1.89 bits per heavy atom. The normalized spacial score (nSPS) is 11.4. The Hall–Kier alpha value is -2.09. The first-order valence-electron chi connectivity index (χ1n) is 8.45. The molecule has 0 aliphatic rings. The van der Waals surface area contributed by atoms with E-state index in [2.05, 4.69) is 10.0 Å². The summed E-state index contributed by atoms with van der Waals surface area (Å²) in [4.78, 5) is 12.1. The average molecular weight is 411 g/mol. The second-order valence-electron chi connectivity index (χ2n) is 6.36. The highest BCUT2D eigenvalue weighted by molar-refractivity contribution is 7.89. The molecule has 2 aromatic carbocycles. The molecule has 146 valence electrons. The number of halogens is 1. The fourth-order valence-corrected chi connectivity index (χ4v) is 3.90. The smallest absolute Gasteiger partial charge is 0.258 e. The first-order chi connectivity index (χ1) is 12.7. The minimum atomic E-state index is -3.57. The van der Waals surface area contributed by atoms with Crippen LogP contribution >= 0.6 is 11.6 Å². The number of nitrogens with one attached hydrogen (secondary N) is 2. The van der Waals surface area contributed by atoms with Gasteiger partial charge in [0.15, 0.2) is 6.61 Å². The summed E-state index contributed by atoms with van der Waals surface area (Å²) in [7, 11) is -3.57. The maximum atomic E-state index is 12.2. The van der Waals surface area contributed by atoms with E-state index in [1.54, 1.807) is 32.9 Å². The molecule has 0 aliphatic heterocycles. The number of ether oxygens (including phenoxy) is 1. The second-order valence-corrected chi connectivity index (χ2v) is 8.48. The van der Waals surface area contributed by atoms with Crippen molar-refractivity contribution in [2.45, 2.75) is 38.3 Å². The fraction of sp³-hybridized carbons (Fsp3) is 0.316. The van der Waals surface area contributed by atoms with Crippen molar-refractivity contribution < 1.29 is 17.9 Å². The molecule has 0 atom stereocenters. The summed E-state index contributed by atoms with van der Waals surface area (Å²) in [6.45, 7) is 5.36. The van der Waals surface area contributed by atoms with Crippen LogP contribution in [0.1, 0.15) is 25.0 Å². The highest BCUT2D eigenvalue weighted by atomic mass is 35.5. The van der Waals surface area contributed by atoms with Gasteiger partial charge in [-0.3, -0.25) is 4.79 Å². The number of aryl methyl sites for hydroxylation is 1. The Bertz CT molecular complexity index is 914. The lowest BCUT2D eigenvalue weighted by Crippen LogP contribution is -2.30. The van der Waals surface area contributed by atoms with E-state index in [1.165, 1.54) is 12.1 Å². The molecule has 0 saturated heterocycles. The zero-order valence-electron chi connectivity index (χ0n) is 15.5. The lowest BCUT2D eigenvalue weighted by atomic mass is 10.2. The molecule has 0 spiro atoms. The van der Waals surface area contributed by atoms with Crippen LogP contribution in [0.5, 0.6) is 5.75 Å². The van der Waals surface area contributed by atoms with Crippen molar-refractivity contribution in [3.63, 3.8) is 0 Å². The van der Waals surface area contributed by atoms with Gasteiger partial charge in [0.05, 0.1) is 4.90 Å². The molecule has 0 heterocycles. The van der Waals surface area contributed by atoms with Gasteiger partial charge < -0.3 is 10.1 Å². The van der Waals surface area contributed by atoms with Crippen LogP contribution in [-0.4, -0.2) is 27.0 Å². The maximum absolute atomic E-state index is 12.2.